The topological polar surface area (TPSA) is 61.6 Å². The minimum atomic E-state index is -1.11. The SMILES string of the molecule is CCOP(OCC)c1ccc([N+](=O)[O-])cc1. The van der Waals surface area contributed by atoms with Gasteiger partial charge in [-0.2, -0.15) is 0 Å². The van der Waals surface area contributed by atoms with Crippen LogP contribution in [0.3, 0.4) is 0 Å². The van der Waals surface area contributed by atoms with E-state index in [0.717, 1.165) is 5.30 Å². The van der Waals surface area contributed by atoms with Gasteiger partial charge in [-0.25, -0.2) is 0 Å². The van der Waals surface area contributed by atoms with E-state index in [-0.39, 0.29) is 5.69 Å². The fourth-order valence-electron chi connectivity index (χ4n) is 1.12. The molecule has 0 heterocycles. The summed E-state index contributed by atoms with van der Waals surface area (Å²) in [4.78, 5) is 10.1. The Kier molecular flexibility index (Phi) is 5.32. The van der Waals surface area contributed by atoms with E-state index in [1.54, 1.807) is 12.1 Å². The molecule has 0 bridgehead atoms. The Bertz CT molecular complexity index is 335. The van der Waals surface area contributed by atoms with Crippen molar-refractivity contribution < 1.29 is 14.0 Å². The number of hydrogen-bond donors (Lipinski definition) is 0. The smallest absolute Gasteiger partial charge is 0.269 e. The first-order chi connectivity index (χ1) is 7.69. The lowest BCUT2D eigenvalue weighted by atomic mass is 10.3. The van der Waals surface area contributed by atoms with Gasteiger partial charge in [-0.15, -0.1) is 0 Å². The summed E-state index contributed by atoms with van der Waals surface area (Å²) in [6.07, 6.45) is 0. The van der Waals surface area contributed by atoms with Gasteiger partial charge in [0.05, 0.1) is 18.1 Å². The summed E-state index contributed by atoms with van der Waals surface area (Å²) in [6.45, 7) is 4.89. The Morgan fingerprint density at radius 3 is 2.06 bits per heavy atom. The van der Waals surface area contributed by atoms with Gasteiger partial charge in [-0.3, -0.25) is 10.1 Å². The molecule has 0 saturated heterocycles. The zero-order chi connectivity index (χ0) is 12.0. The fourth-order valence-corrected chi connectivity index (χ4v) is 2.35. The van der Waals surface area contributed by atoms with Crippen molar-refractivity contribution in [1.82, 2.24) is 0 Å². The molecule has 6 heteroatoms. The van der Waals surface area contributed by atoms with Crippen molar-refractivity contribution in [3.63, 3.8) is 0 Å². The summed E-state index contributed by atoms with van der Waals surface area (Å²) in [5.41, 5.74) is 0.0756. The molecule has 5 nitrogen and oxygen atoms in total. The molecule has 0 aliphatic rings. The first-order valence-corrected chi connectivity index (χ1v) is 6.17. The maximum absolute atomic E-state index is 10.5. The van der Waals surface area contributed by atoms with Crippen LogP contribution in [0, 0.1) is 10.1 Å². The van der Waals surface area contributed by atoms with Gasteiger partial charge in [0.25, 0.3) is 5.69 Å². The summed E-state index contributed by atoms with van der Waals surface area (Å²) >= 11 is 0. The van der Waals surface area contributed by atoms with Crippen molar-refractivity contribution in [2.24, 2.45) is 0 Å². The van der Waals surface area contributed by atoms with E-state index < -0.39 is 13.3 Å². The van der Waals surface area contributed by atoms with Crippen molar-refractivity contribution in [2.75, 3.05) is 13.2 Å². The van der Waals surface area contributed by atoms with Crippen molar-refractivity contribution >= 4 is 19.4 Å². The van der Waals surface area contributed by atoms with Gasteiger partial charge >= 0.3 is 0 Å². The monoisotopic (exact) mass is 243 g/mol. The van der Waals surface area contributed by atoms with Crippen molar-refractivity contribution in [1.29, 1.82) is 0 Å². The molecule has 1 aromatic carbocycles. The van der Waals surface area contributed by atoms with Crippen LogP contribution in [0.1, 0.15) is 13.8 Å². The van der Waals surface area contributed by atoms with Crippen LogP contribution in [0.2, 0.25) is 0 Å². The van der Waals surface area contributed by atoms with Crippen LogP contribution < -0.4 is 5.30 Å². The van der Waals surface area contributed by atoms with Crippen LogP contribution in [0.15, 0.2) is 24.3 Å². The number of nitrogens with zero attached hydrogens (tertiary/aromatic N) is 1. The number of nitro benzene ring substituents is 1. The lowest BCUT2D eigenvalue weighted by Gasteiger charge is -2.15. The molecule has 0 unspecified atom stereocenters. The normalized spacial score (nSPS) is 10.7. The van der Waals surface area contributed by atoms with Crippen molar-refractivity contribution in [3.8, 4) is 0 Å². The average Bonchev–Trinajstić information content (AvgIpc) is 2.29. The zero-order valence-electron chi connectivity index (χ0n) is 9.25. The second kappa shape index (κ2) is 6.53. The maximum atomic E-state index is 10.5. The Hall–Kier alpha value is -1.03. The molecule has 0 saturated carbocycles. The molecule has 0 spiro atoms. The third-order valence-electron chi connectivity index (χ3n) is 1.76. The second-order valence-electron chi connectivity index (χ2n) is 2.87. The van der Waals surface area contributed by atoms with Crippen LogP contribution in [0.25, 0.3) is 0 Å². The van der Waals surface area contributed by atoms with Crippen molar-refractivity contribution in [3.05, 3.63) is 34.4 Å². The molecule has 16 heavy (non-hydrogen) atoms. The molecule has 0 aromatic heterocycles. The zero-order valence-corrected chi connectivity index (χ0v) is 10.1. The highest BCUT2D eigenvalue weighted by Gasteiger charge is 2.14. The third-order valence-corrected chi connectivity index (χ3v) is 3.47. The molecule has 1 aromatic rings. The molecular weight excluding hydrogens is 229 g/mol. The molecule has 1 rings (SSSR count). The summed E-state index contributed by atoms with van der Waals surface area (Å²) in [5, 5.41) is 11.3. The van der Waals surface area contributed by atoms with E-state index in [2.05, 4.69) is 0 Å². The van der Waals surface area contributed by atoms with E-state index in [1.165, 1.54) is 12.1 Å². The van der Waals surface area contributed by atoms with Crippen LogP contribution in [-0.2, 0) is 9.05 Å². The largest absolute Gasteiger partial charge is 0.331 e. The summed E-state index contributed by atoms with van der Waals surface area (Å²) in [7, 11) is -1.11. The molecule has 0 fully saturated rings. The van der Waals surface area contributed by atoms with E-state index in [9.17, 15) is 10.1 Å². The second-order valence-corrected chi connectivity index (χ2v) is 4.41. The van der Waals surface area contributed by atoms with Crippen molar-refractivity contribution in [2.45, 2.75) is 13.8 Å². The van der Waals surface area contributed by atoms with Crippen LogP contribution in [-0.4, -0.2) is 18.1 Å². The molecule has 88 valence electrons. The van der Waals surface area contributed by atoms with Gasteiger partial charge in [-0.1, -0.05) is 0 Å². The number of benzene rings is 1. The fraction of sp³-hybridized carbons (Fsp3) is 0.400. The molecular formula is C10H14NO4P. The van der Waals surface area contributed by atoms with E-state index in [4.69, 9.17) is 9.05 Å². The quantitative estimate of drug-likeness (QED) is 0.437. The summed E-state index contributed by atoms with van der Waals surface area (Å²) in [5.74, 6) is 0. The van der Waals surface area contributed by atoms with Gasteiger partial charge in [0.2, 0.25) is 8.38 Å². The molecule has 0 amide bonds. The minimum absolute atomic E-state index is 0.0756. The predicted molar refractivity (Wildman–Crippen MR) is 62.9 cm³/mol. The predicted octanol–water partition coefficient (Wildman–Crippen LogP) is 2.61. The van der Waals surface area contributed by atoms with Crippen LogP contribution in [0.5, 0.6) is 0 Å². The standard InChI is InChI=1S/C10H14NO4P/c1-3-14-16(15-4-2)10-7-5-9(6-8-10)11(12)13/h5-8H,3-4H2,1-2H3. The first-order valence-electron chi connectivity index (χ1n) is 4.99. The molecule has 0 aliphatic carbocycles. The molecule has 0 aliphatic heterocycles. The van der Waals surface area contributed by atoms with Gasteiger partial charge in [-0.05, 0) is 26.0 Å². The number of non-ortho nitro benzene ring substituents is 1. The minimum Gasteiger partial charge on any atom is -0.331 e. The Balaban J connectivity index is 2.80. The Labute approximate surface area is 95.4 Å². The highest BCUT2D eigenvalue weighted by atomic mass is 31.2. The molecule has 0 atom stereocenters. The van der Waals surface area contributed by atoms with Gasteiger partial charge in [0.1, 0.15) is 0 Å². The average molecular weight is 243 g/mol. The Morgan fingerprint density at radius 2 is 1.69 bits per heavy atom. The van der Waals surface area contributed by atoms with E-state index in [0.29, 0.717) is 13.2 Å². The van der Waals surface area contributed by atoms with Crippen LogP contribution in [0.4, 0.5) is 5.69 Å². The van der Waals surface area contributed by atoms with Gasteiger partial charge in [0, 0.05) is 17.4 Å². The molecule has 0 radical (unpaired) electrons. The molecule has 0 N–H and O–H groups in total. The number of nitro groups is 1. The van der Waals surface area contributed by atoms with Crippen LogP contribution >= 0.6 is 8.38 Å². The third kappa shape index (κ3) is 3.52. The maximum Gasteiger partial charge on any atom is 0.269 e. The lowest BCUT2D eigenvalue weighted by Crippen LogP contribution is -2.06. The van der Waals surface area contributed by atoms with E-state index in [1.807, 2.05) is 13.8 Å². The summed E-state index contributed by atoms with van der Waals surface area (Å²) < 4.78 is 10.9. The Morgan fingerprint density at radius 1 is 1.19 bits per heavy atom. The highest BCUT2D eigenvalue weighted by molar-refractivity contribution is 7.56. The number of hydrogen-bond acceptors (Lipinski definition) is 4. The lowest BCUT2D eigenvalue weighted by molar-refractivity contribution is -0.384. The first kappa shape index (κ1) is 13.0. The number of rotatable bonds is 6. The van der Waals surface area contributed by atoms with E-state index >= 15 is 0 Å². The highest BCUT2D eigenvalue weighted by Crippen LogP contribution is 2.37. The summed E-state index contributed by atoms with van der Waals surface area (Å²) in [6, 6.07) is 6.27. The van der Waals surface area contributed by atoms with Gasteiger partial charge in [0.15, 0.2) is 0 Å². The van der Waals surface area contributed by atoms with Gasteiger partial charge < -0.3 is 9.05 Å².